The third-order valence-corrected chi connectivity index (χ3v) is 5.29. The minimum absolute atomic E-state index is 0.374. The number of rotatable bonds is 4. The molecule has 0 saturated carbocycles. The van der Waals surface area contributed by atoms with E-state index in [0.29, 0.717) is 35.1 Å². The first kappa shape index (κ1) is 17.7. The van der Waals surface area contributed by atoms with Crippen molar-refractivity contribution in [2.75, 3.05) is 5.73 Å². The number of anilines is 1. The van der Waals surface area contributed by atoms with Gasteiger partial charge in [-0.15, -0.1) is 0 Å². The molecule has 7 nitrogen and oxygen atoms in total. The number of fused-ring (bicyclic) bond motifs is 2. The second kappa shape index (κ2) is 6.88. The van der Waals surface area contributed by atoms with Crippen molar-refractivity contribution in [3.63, 3.8) is 0 Å². The zero-order valence-corrected chi connectivity index (χ0v) is 16.2. The molecule has 0 saturated heterocycles. The van der Waals surface area contributed by atoms with Gasteiger partial charge in [-0.3, -0.25) is 0 Å². The van der Waals surface area contributed by atoms with Crippen LogP contribution in [0.1, 0.15) is 11.3 Å². The van der Waals surface area contributed by atoms with Crippen LogP contribution in [-0.2, 0) is 13.1 Å². The standard InChI is InChI=1S/C21H18ClN7/c22-16-3-1-12(2-4-16)13-5-14-7-17(8-23)28-18(14)15(6-13)9-29-11-27-19-20(24)25-10-26-21(19)29/h1-7,10-11,28H,8-9,23H2,(H2,24,25,26). The summed E-state index contributed by atoms with van der Waals surface area (Å²) in [5, 5.41) is 1.82. The molecule has 3 aromatic heterocycles. The van der Waals surface area contributed by atoms with Crippen molar-refractivity contribution in [1.82, 2.24) is 24.5 Å². The monoisotopic (exact) mass is 403 g/mol. The van der Waals surface area contributed by atoms with E-state index in [1.165, 1.54) is 6.33 Å². The average Bonchev–Trinajstić information content (AvgIpc) is 3.33. The third-order valence-electron chi connectivity index (χ3n) is 5.03. The number of hydrogen-bond donors (Lipinski definition) is 3. The highest BCUT2D eigenvalue weighted by Crippen LogP contribution is 2.30. The lowest BCUT2D eigenvalue weighted by Gasteiger charge is -2.10. The summed E-state index contributed by atoms with van der Waals surface area (Å²) in [6, 6.07) is 14.2. The van der Waals surface area contributed by atoms with Gasteiger partial charge in [-0.05, 0) is 47.0 Å². The summed E-state index contributed by atoms with van der Waals surface area (Å²) in [6.45, 7) is 1.03. The number of nitrogens with zero attached hydrogens (tertiary/aromatic N) is 4. The Bertz CT molecular complexity index is 1330. The Morgan fingerprint density at radius 2 is 1.83 bits per heavy atom. The van der Waals surface area contributed by atoms with E-state index in [4.69, 9.17) is 23.1 Å². The second-order valence-electron chi connectivity index (χ2n) is 6.91. The molecule has 0 aliphatic carbocycles. The molecule has 144 valence electrons. The van der Waals surface area contributed by atoms with E-state index in [-0.39, 0.29) is 0 Å². The lowest BCUT2D eigenvalue weighted by molar-refractivity contribution is 0.817. The number of hydrogen-bond acceptors (Lipinski definition) is 5. The van der Waals surface area contributed by atoms with E-state index < -0.39 is 0 Å². The van der Waals surface area contributed by atoms with Gasteiger partial charge < -0.3 is 21.0 Å². The van der Waals surface area contributed by atoms with Crippen LogP contribution in [0.15, 0.2) is 55.1 Å². The summed E-state index contributed by atoms with van der Waals surface area (Å²) >= 11 is 6.06. The van der Waals surface area contributed by atoms with Gasteiger partial charge in [0.25, 0.3) is 0 Å². The summed E-state index contributed by atoms with van der Waals surface area (Å²) in [4.78, 5) is 16.2. The van der Waals surface area contributed by atoms with Crippen molar-refractivity contribution in [2.45, 2.75) is 13.1 Å². The van der Waals surface area contributed by atoms with Crippen LogP contribution in [0.5, 0.6) is 0 Å². The topological polar surface area (TPSA) is 111 Å². The Labute approximate surface area is 171 Å². The van der Waals surface area contributed by atoms with Gasteiger partial charge in [0.05, 0.1) is 18.4 Å². The molecule has 5 aromatic rings. The van der Waals surface area contributed by atoms with Crippen molar-refractivity contribution in [3.8, 4) is 11.1 Å². The predicted molar refractivity (Wildman–Crippen MR) is 115 cm³/mol. The smallest absolute Gasteiger partial charge is 0.165 e. The van der Waals surface area contributed by atoms with Gasteiger partial charge in [-0.2, -0.15) is 0 Å². The van der Waals surface area contributed by atoms with Gasteiger partial charge in [0.1, 0.15) is 11.8 Å². The first-order valence-electron chi connectivity index (χ1n) is 9.14. The molecule has 0 aliphatic rings. The molecule has 0 fully saturated rings. The summed E-state index contributed by atoms with van der Waals surface area (Å²) < 4.78 is 1.97. The Balaban J connectivity index is 1.67. The fraction of sp³-hybridized carbons (Fsp3) is 0.0952. The molecule has 2 aromatic carbocycles. The van der Waals surface area contributed by atoms with Gasteiger partial charge in [0.15, 0.2) is 11.5 Å². The molecule has 3 heterocycles. The second-order valence-corrected chi connectivity index (χ2v) is 7.35. The summed E-state index contributed by atoms with van der Waals surface area (Å²) in [5.41, 5.74) is 18.4. The molecule has 5 N–H and O–H groups in total. The third kappa shape index (κ3) is 3.10. The molecule has 0 atom stereocenters. The molecule has 0 radical (unpaired) electrons. The SMILES string of the molecule is NCc1cc2cc(-c3ccc(Cl)cc3)cc(Cn3cnc4c(N)ncnc43)c2[nH]1. The van der Waals surface area contributed by atoms with Crippen LogP contribution in [0, 0.1) is 0 Å². The number of nitrogens with two attached hydrogens (primary N) is 2. The van der Waals surface area contributed by atoms with Crippen molar-refractivity contribution in [2.24, 2.45) is 5.73 Å². The molecule has 29 heavy (non-hydrogen) atoms. The van der Waals surface area contributed by atoms with Crippen LogP contribution in [0.2, 0.25) is 5.02 Å². The number of H-pyrrole nitrogens is 1. The van der Waals surface area contributed by atoms with Crippen LogP contribution >= 0.6 is 11.6 Å². The highest BCUT2D eigenvalue weighted by atomic mass is 35.5. The van der Waals surface area contributed by atoms with Gasteiger partial charge in [0.2, 0.25) is 0 Å². The Kier molecular flexibility index (Phi) is 4.19. The van der Waals surface area contributed by atoms with Crippen LogP contribution < -0.4 is 11.5 Å². The summed E-state index contributed by atoms with van der Waals surface area (Å²) in [5.74, 6) is 0.374. The average molecular weight is 404 g/mol. The molecule has 0 amide bonds. The summed E-state index contributed by atoms with van der Waals surface area (Å²) in [6.07, 6.45) is 3.19. The molecule has 5 rings (SSSR count). The highest BCUT2D eigenvalue weighted by molar-refractivity contribution is 6.30. The fourth-order valence-corrected chi connectivity index (χ4v) is 3.74. The van der Waals surface area contributed by atoms with Crippen molar-refractivity contribution in [1.29, 1.82) is 0 Å². The van der Waals surface area contributed by atoms with Crippen LogP contribution in [-0.4, -0.2) is 24.5 Å². The largest absolute Gasteiger partial charge is 0.382 e. The maximum atomic E-state index is 6.06. The van der Waals surface area contributed by atoms with Gasteiger partial charge in [-0.1, -0.05) is 23.7 Å². The van der Waals surface area contributed by atoms with Gasteiger partial charge >= 0.3 is 0 Å². The zero-order chi connectivity index (χ0) is 20.0. The maximum Gasteiger partial charge on any atom is 0.165 e. The van der Waals surface area contributed by atoms with Crippen LogP contribution in [0.3, 0.4) is 0 Å². The first-order valence-corrected chi connectivity index (χ1v) is 9.52. The predicted octanol–water partition coefficient (Wildman–Crippen LogP) is 3.72. The molecule has 0 spiro atoms. The number of benzene rings is 2. The molecular formula is C21H18ClN7. The Hall–Kier alpha value is -3.42. The minimum atomic E-state index is 0.374. The van der Waals surface area contributed by atoms with E-state index in [1.807, 2.05) is 28.8 Å². The van der Waals surface area contributed by atoms with Crippen molar-refractivity contribution >= 4 is 39.5 Å². The first-order chi connectivity index (χ1) is 14.1. The van der Waals surface area contributed by atoms with Crippen LogP contribution in [0.4, 0.5) is 5.82 Å². The van der Waals surface area contributed by atoms with E-state index in [1.54, 1.807) is 6.33 Å². The normalized spacial score (nSPS) is 11.5. The molecule has 8 heteroatoms. The number of halogens is 1. The lowest BCUT2D eigenvalue weighted by Crippen LogP contribution is -2.02. The minimum Gasteiger partial charge on any atom is -0.382 e. The molecule has 0 bridgehead atoms. The van der Waals surface area contributed by atoms with Gasteiger partial charge in [0, 0.05) is 22.6 Å². The lowest BCUT2D eigenvalue weighted by atomic mass is 10.0. The Morgan fingerprint density at radius 3 is 2.62 bits per heavy atom. The summed E-state index contributed by atoms with van der Waals surface area (Å²) in [7, 11) is 0. The molecule has 0 unspecified atom stereocenters. The number of nitrogen functional groups attached to an aromatic ring is 1. The van der Waals surface area contributed by atoms with Crippen LogP contribution in [0.25, 0.3) is 33.2 Å². The molecule has 0 aliphatic heterocycles. The van der Waals surface area contributed by atoms with E-state index >= 15 is 0 Å². The number of imidazole rings is 1. The van der Waals surface area contributed by atoms with Crippen molar-refractivity contribution < 1.29 is 0 Å². The fourth-order valence-electron chi connectivity index (χ4n) is 3.62. The highest BCUT2D eigenvalue weighted by Gasteiger charge is 2.13. The zero-order valence-electron chi connectivity index (χ0n) is 15.4. The molecular weight excluding hydrogens is 386 g/mol. The Morgan fingerprint density at radius 1 is 1.00 bits per heavy atom. The van der Waals surface area contributed by atoms with E-state index in [2.05, 4.69) is 38.1 Å². The number of aromatic amines is 1. The maximum absolute atomic E-state index is 6.06. The number of aromatic nitrogens is 5. The quantitative estimate of drug-likeness (QED) is 0.423. The van der Waals surface area contributed by atoms with E-state index in [0.717, 1.165) is 33.3 Å². The van der Waals surface area contributed by atoms with Crippen molar-refractivity contribution in [3.05, 3.63) is 71.4 Å². The number of nitrogens with one attached hydrogen (secondary N) is 1. The van der Waals surface area contributed by atoms with E-state index in [9.17, 15) is 0 Å². The van der Waals surface area contributed by atoms with Gasteiger partial charge in [-0.25, -0.2) is 15.0 Å².